The molecule has 1 amide bonds. The first-order valence-corrected chi connectivity index (χ1v) is 12.4. The van der Waals surface area contributed by atoms with E-state index in [2.05, 4.69) is 20.3 Å². The van der Waals surface area contributed by atoms with E-state index in [0.717, 1.165) is 17.8 Å². The highest BCUT2D eigenvalue weighted by Crippen LogP contribution is 2.26. The van der Waals surface area contributed by atoms with Crippen molar-refractivity contribution < 1.29 is 13.2 Å². The number of thiazole rings is 1. The van der Waals surface area contributed by atoms with Crippen molar-refractivity contribution in [1.82, 2.24) is 15.0 Å². The van der Waals surface area contributed by atoms with Gasteiger partial charge in [-0.25, -0.2) is 22.7 Å². The fourth-order valence-electron chi connectivity index (χ4n) is 2.55. The second-order valence-corrected chi connectivity index (χ2v) is 9.93. The Labute approximate surface area is 187 Å². The van der Waals surface area contributed by atoms with Gasteiger partial charge in [0.25, 0.3) is 15.6 Å². The Balaban J connectivity index is 1.66. The van der Waals surface area contributed by atoms with Crippen molar-refractivity contribution >= 4 is 55.7 Å². The van der Waals surface area contributed by atoms with Gasteiger partial charge in [0.2, 0.25) is 5.91 Å². The zero-order valence-electron chi connectivity index (χ0n) is 16.4. The van der Waals surface area contributed by atoms with Gasteiger partial charge in [0.05, 0.1) is 10.6 Å². The molecule has 0 fully saturated rings. The predicted molar refractivity (Wildman–Crippen MR) is 122 cm³/mol. The largest absolute Gasteiger partial charge is 0.383 e. The fraction of sp³-hybridized carbons (Fsp3) is 0.222. The van der Waals surface area contributed by atoms with Crippen LogP contribution in [0.25, 0.3) is 0 Å². The molecule has 0 atom stereocenters. The molecule has 0 bridgehead atoms. The number of sulfonamides is 1. The van der Waals surface area contributed by atoms with Crippen LogP contribution in [0.3, 0.4) is 0 Å². The minimum absolute atomic E-state index is 0.0131. The molecule has 3 aromatic rings. The van der Waals surface area contributed by atoms with Crippen molar-refractivity contribution in [3.8, 4) is 0 Å². The summed E-state index contributed by atoms with van der Waals surface area (Å²) in [4.78, 5) is 34.2. The number of anilines is 3. The summed E-state index contributed by atoms with van der Waals surface area (Å²) < 4.78 is 27.3. The van der Waals surface area contributed by atoms with Crippen molar-refractivity contribution in [2.45, 2.75) is 23.4 Å². The van der Waals surface area contributed by atoms with Crippen LogP contribution in [-0.2, 0) is 14.8 Å². The highest BCUT2D eigenvalue weighted by atomic mass is 32.2. The Morgan fingerprint density at radius 3 is 2.68 bits per heavy atom. The Kier molecular flexibility index (Phi) is 7.30. The van der Waals surface area contributed by atoms with E-state index in [1.54, 1.807) is 11.6 Å². The summed E-state index contributed by atoms with van der Waals surface area (Å²) in [6.07, 6.45) is 2.20. The minimum atomic E-state index is -3.78. The summed E-state index contributed by atoms with van der Waals surface area (Å²) in [5.41, 5.74) is 5.55. The molecule has 31 heavy (non-hydrogen) atoms. The van der Waals surface area contributed by atoms with Gasteiger partial charge in [0.1, 0.15) is 5.82 Å². The summed E-state index contributed by atoms with van der Waals surface area (Å²) in [5, 5.41) is 5.04. The number of nitrogens with zero attached hydrogens (tertiary/aromatic N) is 3. The van der Waals surface area contributed by atoms with Crippen LogP contribution in [0, 0.1) is 0 Å². The number of aromatic amines is 1. The highest BCUT2D eigenvalue weighted by molar-refractivity contribution is 7.99. The number of thioether (sulfide) groups is 1. The monoisotopic (exact) mass is 480 g/mol. The van der Waals surface area contributed by atoms with Crippen LogP contribution in [0.15, 0.2) is 56.8 Å². The molecule has 0 saturated heterocycles. The van der Waals surface area contributed by atoms with Crippen molar-refractivity contribution in [2.24, 2.45) is 0 Å². The fourth-order valence-corrected chi connectivity index (χ4v) is 5.64. The third-order valence-electron chi connectivity index (χ3n) is 3.87. The number of aromatic nitrogens is 3. The molecule has 13 heteroatoms. The molecule has 0 spiro atoms. The van der Waals surface area contributed by atoms with Gasteiger partial charge in [-0.2, -0.15) is 0 Å². The molecule has 2 heterocycles. The molecule has 0 saturated carbocycles. The Morgan fingerprint density at radius 1 is 1.32 bits per heavy atom. The molecule has 0 aliphatic carbocycles. The van der Waals surface area contributed by atoms with Crippen molar-refractivity contribution in [3.63, 3.8) is 0 Å². The van der Waals surface area contributed by atoms with E-state index in [4.69, 9.17) is 5.73 Å². The van der Waals surface area contributed by atoms with Crippen molar-refractivity contribution in [2.75, 3.05) is 27.7 Å². The highest BCUT2D eigenvalue weighted by Gasteiger charge is 2.26. The van der Waals surface area contributed by atoms with Gasteiger partial charge in [-0.05, 0) is 30.7 Å². The van der Waals surface area contributed by atoms with Crippen LogP contribution >= 0.6 is 23.1 Å². The lowest BCUT2D eigenvalue weighted by atomic mass is 10.3. The number of hydrogen-bond donors (Lipinski definition) is 3. The van der Waals surface area contributed by atoms with Crippen LogP contribution in [0.5, 0.6) is 0 Å². The number of rotatable bonds is 9. The lowest BCUT2D eigenvalue weighted by molar-refractivity contribution is -0.113. The Morgan fingerprint density at radius 2 is 2.06 bits per heavy atom. The lowest BCUT2D eigenvalue weighted by Crippen LogP contribution is -2.31. The van der Waals surface area contributed by atoms with E-state index >= 15 is 0 Å². The number of carbonyl (C=O) groups excluding carboxylic acids is 1. The van der Waals surface area contributed by atoms with Crippen molar-refractivity contribution in [1.29, 1.82) is 0 Å². The molecule has 4 N–H and O–H groups in total. The molecule has 0 aliphatic heterocycles. The molecule has 0 unspecified atom stereocenters. The van der Waals surface area contributed by atoms with Gasteiger partial charge in [-0.15, -0.1) is 11.3 Å². The van der Waals surface area contributed by atoms with Gasteiger partial charge >= 0.3 is 0 Å². The topological polar surface area (TPSA) is 151 Å². The molecular formula is C18H20N6O4S3. The van der Waals surface area contributed by atoms with Crippen LogP contribution in [-0.4, -0.2) is 41.6 Å². The van der Waals surface area contributed by atoms with E-state index in [9.17, 15) is 18.0 Å². The van der Waals surface area contributed by atoms with E-state index < -0.39 is 15.6 Å². The second kappa shape index (κ2) is 9.94. The maximum atomic E-state index is 13.0. The number of nitrogen functional groups attached to an aromatic ring is 1. The zero-order chi connectivity index (χ0) is 22.4. The average molecular weight is 481 g/mol. The molecule has 164 valence electrons. The van der Waals surface area contributed by atoms with E-state index in [-0.39, 0.29) is 27.5 Å². The number of hydrogen-bond acceptors (Lipinski definition) is 9. The Bertz CT molecular complexity index is 1190. The Hall–Kier alpha value is -2.90. The number of benzene rings is 1. The quantitative estimate of drug-likeness (QED) is 0.311. The smallest absolute Gasteiger partial charge is 0.266 e. The van der Waals surface area contributed by atoms with Gasteiger partial charge in [0, 0.05) is 29.9 Å². The summed E-state index contributed by atoms with van der Waals surface area (Å²) in [5.74, 6) is -0.291. The predicted octanol–water partition coefficient (Wildman–Crippen LogP) is 2.14. The standard InChI is InChI=1S/C18H20N6O4S3/c1-2-8-24(18-20-7-9-29-18)31(27,28)13-5-3-12(4-6-13)21-16(26)11-30-17-22-14(19)10-15(25)23-17/h3-7,9-10H,2,8,11H2,1H3,(H,21,26)(H3,19,22,23,25). The van der Waals surface area contributed by atoms with Crippen LogP contribution in [0.1, 0.15) is 13.3 Å². The van der Waals surface area contributed by atoms with E-state index in [0.29, 0.717) is 23.8 Å². The zero-order valence-corrected chi connectivity index (χ0v) is 18.9. The van der Waals surface area contributed by atoms with E-state index in [1.165, 1.54) is 39.9 Å². The van der Waals surface area contributed by atoms with Gasteiger partial charge < -0.3 is 16.0 Å². The minimum Gasteiger partial charge on any atom is -0.383 e. The second-order valence-electron chi connectivity index (χ2n) is 6.23. The molecular weight excluding hydrogens is 460 g/mol. The van der Waals surface area contributed by atoms with Crippen LogP contribution in [0.4, 0.5) is 16.6 Å². The first-order valence-electron chi connectivity index (χ1n) is 9.11. The maximum absolute atomic E-state index is 13.0. The molecule has 10 nitrogen and oxygen atoms in total. The number of H-pyrrole nitrogens is 1. The molecule has 0 radical (unpaired) electrons. The number of amides is 1. The normalized spacial score (nSPS) is 11.3. The van der Waals surface area contributed by atoms with Gasteiger partial charge in [-0.1, -0.05) is 18.7 Å². The summed E-state index contributed by atoms with van der Waals surface area (Å²) in [6, 6.07) is 7.05. The summed E-state index contributed by atoms with van der Waals surface area (Å²) in [7, 11) is -3.78. The molecule has 0 aliphatic rings. The number of nitrogens with two attached hydrogens (primary N) is 1. The third-order valence-corrected chi connectivity index (χ3v) is 7.45. The summed E-state index contributed by atoms with van der Waals surface area (Å²) in [6.45, 7) is 2.20. The van der Waals surface area contributed by atoms with Gasteiger partial charge in [0.15, 0.2) is 10.3 Å². The number of carbonyl (C=O) groups is 1. The lowest BCUT2D eigenvalue weighted by Gasteiger charge is -2.21. The maximum Gasteiger partial charge on any atom is 0.266 e. The SMILES string of the molecule is CCCN(c1nccs1)S(=O)(=O)c1ccc(NC(=O)CSc2nc(N)cc(=O)[nH]2)cc1. The van der Waals surface area contributed by atoms with E-state index in [1.807, 2.05) is 6.92 Å². The number of nitrogens with one attached hydrogen (secondary N) is 2. The van der Waals surface area contributed by atoms with Crippen molar-refractivity contribution in [3.05, 3.63) is 52.3 Å². The molecule has 1 aromatic carbocycles. The third kappa shape index (κ3) is 5.83. The molecule has 2 aromatic heterocycles. The average Bonchev–Trinajstić information content (AvgIpc) is 3.24. The first-order chi connectivity index (χ1) is 14.8. The van der Waals surface area contributed by atoms with Crippen LogP contribution < -0.4 is 20.9 Å². The van der Waals surface area contributed by atoms with Crippen LogP contribution in [0.2, 0.25) is 0 Å². The summed E-state index contributed by atoms with van der Waals surface area (Å²) >= 11 is 2.27. The van der Waals surface area contributed by atoms with Gasteiger partial charge in [-0.3, -0.25) is 9.59 Å². The first kappa shape index (κ1) is 22.8. The molecule has 3 rings (SSSR count).